The van der Waals surface area contributed by atoms with Crippen LogP contribution >= 0.6 is 0 Å². The fraction of sp³-hybridized carbons (Fsp3) is 0.706. The third kappa shape index (κ3) is 3.84. The number of likely N-dealkylation sites (N-methyl/N-ethyl adjacent to an activating group) is 1. The number of carbonyl (C=O) groups is 1. The molecule has 2 fully saturated rings. The van der Waals surface area contributed by atoms with Crippen molar-refractivity contribution in [3.63, 3.8) is 0 Å². The maximum absolute atomic E-state index is 12.0. The number of aryl methyl sites for hydroxylation is 1. The fourth-order valence-electron chi connectivity index (χ4n) is 3.47. The Morgan fingerprint density at radius 3 is 2.75 bits per heavy atom. The number of amides is 1. The van der Waals surface area contributed by atoms with Crippen molar-refractivity contribution in [3.8, 4) is 0 Å². The zero-order valence-corrected chi connectivity index (χ0v) is 14.9. The van der Waals surface area contributed by atoms with Gasteiger partial charge in [-0.3, -0.25) is 9.69 Å². The van der Waals surface area contributed by atoms with E-state index in [4.69, 9.17) is 4.74 Å². The van der Waals surface area contributed by atoms with Crippen LogP contribution in [0.4, 0.5) is 5.95 Å². The van der Waals surface area contributed by atoms with Crippen LogP contribution in [0.25, 0.3) is 0 Å². The number of hydrogen-bond acceptors (Lipinski definition) is 6. The highest BCUT2D eigenvalue weighted by Crippen LogP contribution is 2.30. The average Bonchev–Trinajstić information content (AvgIpc) is 2.55. The Labute approximate surface area is 143 Å². The lowest BCUT2D eigenvalue weighted by Gasteiger charge is -2.48. The van der Waals surface area contributed by atoms with Gasteiger partial charge < -0.3 is 14.5 Å². The molecule has 1 spiro atoms. The molecule has 0 bridgehead atoms. The van der Waals surface area contributed by atoms with Gasteiger partial charge in [0.2, 0.25) is 11.9 Å². The SMILES string of the molecule is Cc1cnc(N2CCO[C@]3(CCCN(CC(=O)N(C)C)C3)C2)nc1. The smallest absolute Gasteiger partial charge is 0.236 e. The molecule has 1 aromatic heterocycles. The van der Waals surface area contributed by atoms with Crippen LogP contribution in [0.5, 0.6) is 0 Å². The summed E-state index contributed by atoms with van der Waals surface area (Å²) < 4.78 is 6.19. The van der Waals surface area contributed by atoms with Crippen molar-refractivity contribution < 1.29 is 9.53 Å². The number of rotatable bonds is 3. The standard InChI is InChI=1S/C17H27N5O2/c1-14-9-18-16(19-10-14)22-7-8-24-17(13-22)5-4-6-21(12-17)11-15(23)20(2)3/h9-10H,4-8,11-13H2,1-3H3/t17-/m0/s1. The molecule has 7 heteroatoms. The summed E-state index contributed by atoms with van der Waals surface area (Å²) in [5.41, 5.74) is 0.838. The normalized spacial score (nSPS) is 25.0. The minimum Gasteiger partial charge on any atom is -0.370 e. The topological polar surface area (TPSA) is 61.8 Å². The highest BCUT2D eigenvalue weighted by molar-refractivity contribution is 5.77. The van der Waals surface area contributed by atoms with Gasteiger partial charge in [0.05, 0.1) is 25.3 Å². The van der Waals surface area contributed by atoms with Crippen molar-refractivity contribution in [2.75, 3.05) is 58.3 Å². The number of nitrogens with zero attached hydrogens (tertiary/aromatic N) is 5. The van der Waals surface area contributed by atoms with Crippen molar-refractivity contribution in [2.45, 2.75) is 25.4 Å². The van der Waals surface area contributed by atoms with Crippen molar-refractivity contribution in [1.29, 1.82) is 0 Å². The van der Waals surface area contributed by atoms with E-state index in [1.165, 1.54) is 0 Å². The Kier molecular flexibility index (Phi) is 5.01. The lowest BCUT2D eigenvalue weighted by atomic mass is 9.90. The van der Waals surface area contributed by atoms with Crippen molar-refractivity contribution >= 4 is 11.9 Å². The van der Waals surface area contributed by atoms with E-state index in [0.29, 0.717) is 13.2 Å². The predicted molar refractivity (Wildman–Crippen MR) is 92.0 cm³/mol. The van der Waals surface area contributed by atoms with E-state index in [1.807, 2.05) is 19.3 Å². The van der Waals surface area contributed by atoms with Gasteiger partial charge in [0.15, 0.2) is 0 Å². The molecule has 3 heterocycles. The minimum atomic E-state index is -0.225. The first kappa shape index (κ1) is 17.1. The lowest BCUT2D eigenvalue weighted by Crippen LogP contribution is -2.60. The number of carbonyl (C=O) groups excluding carboxylic acids is 1. The van der Waals surface area contributed by atoms with Gasteiger partial charge in [-0.1, -0.05) is 0 Å². The average molecular weight is 333 g/mol. The fourth-order valence-corrected chi connectivity index (χ4v) is 3.47. The zero-order valence-electron chi connectivity index (χ0n) is 14.9. The summed E-state index contributed by atoms with van der Waals surface area (Å²) in [6.45, 7) is 6.45. The summed E-state index contributed by atoms with van der Waals surface area (Å²) in [5.74, 6) is 0.909. The monoisotopic (exact) mass is 333 g/mol. The molecule has 2 saturated heterocycles. The maximum atomic E-state index is 12.0. The van der Waals surface area contributed by atoms with E-state index < -0.39 is 0 Å². The molecule has 1 amide bonds. The molecule has 0 radical (unpaired) electrons. The van der Waals surface area contributed by atoms with Gasteiger partial charge in [0.25, 0.3) is 0 Å². The van der Waals surface area contributed by atoms with Crippen molar-refractivity contribution in [3.05, 3.63) is 18.0 Å². The van der Waals surface area contributed by atoms with E-state index in [1.54, 1.807) is 19.0 Å². The molecule has 132 valence electrons. The lowest BCUT2D eigenvalue weighted by molar-refractivity contribution is -0.134. The number of anilines is 1. The van der Waals surface area contributed by atoms with Crippen molar-refractivity contribution in [2.24, 2.45) is 0 Å². The summed E-state index contributed by atoms with van der Waals surface area (Å²) in [4.78, 5) is 27.0. The molecule has 1 atom stereocenters. The number of likely N-dealkylation sites (tertiary alicyclic amines) is 1. The number of piperidine rings is 1. The molecule has 0 aliphatic carbocycles. The third-order valence-electron chi connectivity index (χ3n) is 4.77. The van der Waals surface area contributed by atoms with Crippen LogP contribution in [-0.4, -0.2) is 84.7 Å². The predicted octanol–water partition coefficient (Wildman–Crippen LogP) is 0.544. The first-order valence-corrected chi connectivity index (χ1v) is 8.57. The molecule has 2 aliphatic rings. The Balaban J connectivity index is 1.67. The third-order valence-corrected chi connectivity index (χ3v) is 4.77. The van der Waals surface area contributed by atoms with Crippen LogP contribution in [-0.2, 0) is 9.53 Å². The van der Waals surface area contributed by atoms with Gasteiger partial charge in [0, 0.05) is 39.6 Å². The van der Waals surface area contributed by atoms with Crippen LogP contribution in [0.3, 0.4) is 0 Å². The van der Waals surface area contributed by atoms with Crippen LogP contribution in [0.2, 0.25) is 0 Å². The Morgan fingerprint density at radius 1 is 1.29 bits per heavy atom. The van der Waals surface area contributed by atoms with E-state index in [-0.39, 0.29) is 11.5 Å². The van der Waals surface area contributed by atoms with E-state index in [0.717, 1.165) is 50.5 Å². The summed E-state index contributed by atoms with van der Waals surface area (Å²) in [5, 5.41) is 0. The molecule has 0 unspecified atom stereocenters. The summed E-state index contributed by atoms with van der Waals surface area (Å²) >= 11 is 0. The van der Waals surface area contributed by atoms with Gasteiger partial charge in [0.1, 0.15) is 0 Å². The largest absolute Gasteiger partial charge is 0.370 e. The Hall–Kier alpha value is -1.73. The first-order valence-electron chi connectivity index (χ1n) is 8.57. The highest BCUT2D eigenvalue weighted by atomic mass is 16.5. The van der Waals surface area contributed by atoms with Gasteiger partial charge in [-0.25, -0.2) is 9.97 Å². The van der Waals surface area contributed by atoms with E-state index in [2.05, 4.69) is 19.8 Å². The van der Waals surface area contributed by atoms with Crippen LogP contribution in [0, 0.1) is 6.92 Å². The van der Waals surface area contributed by atoms with E-state index >= 15 is 0 Å². The highest BCUT2D eigenvalue weighted by Gasteiger charge is 2.41. The molecule has 3 rings (SSSR count). The van der Waals surface area contributed by atoms with Crippen LogP contribution < -0.4 is 4.90 Å². The molecule has 2 aliphatic heterocycles. The number of ether oxygens (including phenoxy) is 1. The summed E-state index contributed by atoms with van der Waals surface area (Å²) in [6, 6.07) is 0. The van der Waals surface area contributed by atoms with Crippen LogP contribution in [0.15, 0.2) is 12.4 Å². The van der Waals surface area contributed by atoms with Gasteiger partial charge in [-0.2, -0.15) is 0 Å². The second-order valence-electron chi connectivity index (χ2n) is 7.12. The molecular weight excluding hydrogens is 306 g/mol. The molecule has 24 heavy (non-hydrogen) atoms. The number of aromatic nitrogens is 2. The minimum absolute atomic E-state index is 0.140. The number of morpholine rings is 1. The number of hydrogen-bond donors (Lipinski definition) is 0. The first-order chi connectivity index (χ1) is 11.5. The van der Waals surface area contributed by atoms with Gasteiger partial charge in [-0.05, 0) is 31.9 Å². The van der Waals surface area contributed by atoms with Crippen LogP contribution in [0.1, 0.15) is 18.4 Å². The molecule has 0 aromatic carbocycles. The molecule has 0 N–H and O–H groups in total. The molecule has 7 nitrogen and oxygen atoms in total. The summed E-state index contributed by atoms with van der Waals surface area (Å²) in [7, 11) is 3.60. The second kappa shape index (κ2) is 7.03. The molecular formula is C17H27N5O2. The second-order valence-corrected chi connectivity index (χ2v) is 7.12. The summed E-state index contributed by atoms with van der Waals surface area (Å²) in [6.07, 6.45) is 5.77. The van der Waals surface area contributed by atoms with E-state index in [9.17, 15) is 4.79 Å². The Bertz CT molecular complexity index is 573. The van der Waals surface area contributed by atoms with Gasteiger partial charge >= 0.3 is 0 Å². The molecule has 0 saturated carbocycles. The Morgan fingerprint density at radius 2 is 2.04 bits per heavy atom. The quantitative estimate of drug-likeness (QED) is 0.805. The zero-order chi connectivity index (χ0) is 17.2. The van der Waals surface area contributed by atoms with Crippen molar-refractivity contribution in [1.82, 2.24) is 19.8 Å². The van der Waals surface area contributed by atoms with Gasteiger partial charge in [-0.15, -0.1) is 0 Å². The molecule has 1 aromatic rings. The maximum Gasteiger partial charge on any atom is 0.236 e.